The standard InChI is InChI=1S/C10H15NO3/c1-5-6-8(10(13)14-4)7-9(12)11(2)3/h1,8H,6-7H2,2-4H3. The van der Waals surface area contributed by atoms with Crippen molar-refractivity contribution in [2.24, 2.45) is 5.92 Å². The number of methoxy groups -OCH3 is 1. The molecule has 4 nitrogen and oxygen atoms in total. The van der Waals surface area contributed by atoms with Crippen molar-refractivity contribution < 1.29 is 14.3 Å². The highest BCUT2D eigenvalue weighted by Gasteiger charge is 2.22. The number of ether oxygens (including phenoxy) is 1. The zero-order valence-corrected chi connectivity index (χ0v) is 8.74. The Morgan fingerprint density at radius 2 is 2.07 bits per heavy atom. The maximum atomic E-state index is 11.3. The second-order valence-corrected chi connectivity index (χ2v) is 3.12. The summed E-state index contributed by atoms with van der Waals surface area (Å²) in [6, 6.07) is 0. The highest BCUT2D eigenvalue weighted by atomic mass is 16.5. The fraction of sp³-hybridized carbons (Fsp3) is 0.600. The zero-order valence-electron chi connectivity index (χ0n) is 8.74. The van der Waals surface area contributed by atoms with E-state index in [9.17, 15) is 9.59 Å². The molecule has 0 aliphatic rings. The minimum absolute atomic E-state index is 0.101. The number of rotatable bonds is 4. The van der Waals surface area contributed by atoms with Crippen LogP contribution in [0.4, 0.5) is 0 Å². The van der Waals surface area contributed by atoms with Crippen molar-refractivity contribution in [2.45, 2.75) is 12.8 Å². The van der Waals surface area contributed by atoms with Gasteiger partial charge in [0.05, 0.1) is 13.0 Å². The van der Waals surface area contributed by atoms with Crippen LogP contribution in [-0.4, -0.2) is 38.0 Å². The van der Waals surface area contributed by atoms with Crippen LogP contribution < -0.4 is 0 Å². The van der Waals surface area contributed by atoms with Crippen LogP contribution in [0.3, 0.4) is 0 Å². The lowest BCUT2D eigenvalue weighted by Gasteiger charge is -2.14. The molecule has 0 saturated carbocycles. The molecule has 0 aromatic heterocycles. The van der Waals surface area contributed by atoms with Gasteiger partial charge in [0.15, 0.2) is 0 Å². The average molecular weight is 197 g/mol. The van der Waals surface area contributed by atoms with Crippen LogP contribution in [0.25, 0.3) is 0 Å². The monoisotopic (exact) mass is 197 g/mol. The second kappa shape index (κ2) is 6.03. The zero-order chi connectivity index (χ0) is 11.1. The molecule has 0 aromatic rings. The van der Waals surface area contributed by atoms with Gasteiger partial charge in [-0.25, -0.2) is 0 Å². The molecule has 0 bridgehead atoms. The molecule has 0 fully saturated rings. The summed E-state index contributed by atoms with van der Waals surface area (Å²) in [4.78, 5) is 23.9. The Bertz CT molecular complexity index is 253. The van der Waals surface area contributed by atoms with Gasteiger partial charge in [0, 0.05) is 26.9 Å². The van der Waals surface area contributed by atoms with E-state index in [1.165, 1.54) is 12.0 Å². The fourth-order valence-electron chi connectivity index (χ4n) is 0.941. The minimum Gasteiger partial charge on any atom is -0.469 e. The Hall–Kier alpha value is -1.50. The van der Waals surface area contributed by atoms with Gasteiger partial charge in [-0.15, -0.1) is 12.3 Å². The van der Waals surface area contributed by atoms with Crippen molar-refractivity contribution in [3.63, 3.8) is 0 Å². The average Bonchev–Trinajstić information content (AvgIpc) is 2.15. The molecular weight excluding hydrogens is 182 g/mol. The van der Waals surface area contributed by atoms with E-state index in [1.54, 1.807) is 14.1 Å². The summed E-state index contributed by atoms with van der Waals surface area (Å²) in [5, 5.41) is 0. The van der Waals surface area contributed by atoms with E-state index in [4.69, 9.17) is 6.42 Å². The Kier molecular flexibility index (Phi) is 5.38. The van der Waals surface area contributed by atoms with Crippen molar-refractivity contribution >= 4 is 11.9 Å². The van der Waals surface area contributed by atoms with E-state index < -0.39 is 11.9 Å². The normalized spacial score (nSPS) is 11.3. The first-order valence-electron chi connectivity index (χ1n) is 4.24. The number of nitrogens with zero attached hydrogens (tertiary/aromatic N) is 1. The molecular formula is C10H15NO3. The highest BCUT2D eigenvalue weighted by molar-refractivity contribution is 5.82. The van der Waals surface area contributed by atoms with E-state index in [0.29, 0.717) is 0 Å². The van der Waals surface area contributed by atoms with Crippen LogP contribution in [0.15, 0.2) is 0 Å². The molecule has 4 heteroatoms. The number of esters is 1. The number of carbonyl (C=O) groups is 2. The summed E-state index contributed by atoms with van der Waals surface area (Å²) in [6.07, 6.45) is 5.42. The van der Waals surface area contributed by atoms with Crippen LogP contribution in [-0.2, 0) is 14.3 Å². The summed E-state index contributed by atoms with van der Waals surface area (Å²) in [6.45, 7) is 0. The third kappa shape index (κ3) is 3.94. The molecule has 0 aromatic carbocycles. The minimum atomic E-state index is -0.528. The summed E-state index contributed by atoms with van der Waals surface area (Å²) in [5.74, 6) is 1.27. The number of amides is 1. The van der Waals surface area contributed by atoms with Crippen molar-refractivity contribution in [2.75, 3.05) is 21.2 Å². The summed E-state index contributed by atoms with van der Waals surface area (Å²) >= 11 is 0. The molecule has 0 aliphatic carbocycles. The van der Waals surface area contributed by atoms with Gasteiger partial charge in [0.1, 0.15) is 0 Å². The largest absolute Gasteiger partial charge is 0.469 e. The molecule has 78 valence electrons. The van der Waals surface area contributed by atoms with Crippen molar-refractivity contribution in [1.29, 1.82) is 0 Å². The first-order chi connectivity index (χ1) is 6.52. The first kappa shape index (κ1) is 12.5. The van der Waals surface area contributed by atoms with E-state index >= 15 is 0 Å². The Labute approximate surface area is 84.2 Å². The Morgan fingerprint density at radius 3 is 2.43 bits per heavy atom. The molecule has 0 aliphatic heterocycles. The fourth-order valence-corrected chi connectivity index (χ4v) is 0.941. The van der Waals surface area contributed by atoms with E-state index in [2.05, 4.69) is 10.7 Å². The number of hydrogen-bond donors (Lipinski definition) is 0. The van der Waals surface area contributed by atoms with E-state index in [0.717, 1.165) is 0 Å². The summed E-state index contributed by atoms with van der Waals surface area (Å²) in [5.41, 5.74) is 0. The second-order valence-electron chi connectivity index (χ2n) is 3.12. The number of terminal acetylenes is 1. The van der Waals surface area contributed by atoms with Gasteiger partial charge in [0.2, 0.25) is 5.91 Å². The molecule has 1 unspecified atom stereocenters. The third-order valence-electron chi connectivity index (χ3n) is 1.82. The van der Waals surface area contributed by atoms with Gasteiger partial charge in [-0.1, -0.05) is 0 Å². The molecule has 14 heavy (non-hydrogen) atoms. The first-order valence-corrected chi connectivity index (χ1v) is 4.24. The lowest BCUT2D eigenvalue weighted by atomic mass is 10.0. The molecule has 0 heterocycles. The van der Waals surface area contributed by atoms with Gasteiger partial charge in [-0.2, -0.15) is 0 Å². The molecule has 1 amide bonds. The van der Waals surface area contributed by atoms with Gasteiger partial charge in [-0.05, 0) is 0 Å². The van der Waals surface area contributed by atoms with Crippen molar-refractivity contribution in [3.8, 4) is 12.3 Å². The van der Waals surface area contributed by atoms with E-state index in [1.807, 2.05) is 0 Å². The van der Waals surface area contributed by atoms with Crippen LogP contribution in [0.5, 0.6) is 0 Å². The number of hydrogen-bond acceptors (Lipinski definition) is 3. The molecule has 0 rings (SSSR count). The summed E-state index contributed by atoms with van der Waals surface area (Å²) < 4.78 is 4.54. The molecule has 0 saturated heterocycles. The molecule has 0 N–H and O–H groups in total. The van der Waals surface area contributed by atoms with Crippen LogP contribution in [0.1, 0.15) is 12.8 Å². The molecule has 1 atom stereocenters. The summed E-state index contributed by atoms with van der Waals surface area (Å²) in [7, 11) is 4.55. The van der Waals surface area contributed by atoms with Crippen molar-refractivity contribution in [1.82, 2.24) is 4.90 Å². The quantitative estimate of drug-likeness (QED) is 0.480. The predicted molar refractivity (Wildman–Crippen MR) is 52.3 cm³/mol. The Morgan fingerprint density at radius 1 is 1.50 bits per heavy atom. The number of carbonyl (C=O) groups excluding carboxylic acids is 2. The van der Waals surface area contributed by atoms with Crippen molar-refractivity contribution in [3.05, 3.63) is 0 Å². The van der Waals surface area contributed by atoms with Gasteiger partial charge >= 0.3 is 5.97 Å². The highest BCUT2D eigenvalue weighted by Crippen LogP contribution is 2.11. The smallest absolute Gasteiger partial charge is 0.310 e. The van der Waals surface area contributed by atoms with Crippen LogP contribution >= 0.6 is 0 Å². The lowest BCUT2D eigenvalue weighted by molar-refractivity contribution is -0.148. The lowest BCUT2D eigenvalue weighted by Crippen LogP contribution is -2.27. The maximum absolute atomic E-state index is 11.3. The maximum Gasteiger partial charge on any atom is 0.310 e. The van der Waals surface area contributed by atoms with Crippen LogP contribution in [0.2, 0.25) is 0 Å². The SMILES string of the molecule is C#CCC(CC(=O)N(C)C)C(=O)OC. The molecule has 0 radical (unpaired) electrons. The topological polar surface area (TPSA) is 46.6 Å². The van der Waals surface area contributed by atoms with E-state index in [-0.39, 0.29) is 18.7 Å². The van der Waals surface area contributed by atoms with Crippen LogP contribution in [0, 0.1) is 18.3 Å². The van der Waals surface area contributed by atoms with Gasteiger partial charge in [-0.3, -0.25) is 9.59 Å². The van der Waals surface area contributed by atoms with Gasteiger partial charge in [0.25, 0.3) is 0 Å². The molecule has 0 spiro atoms. The van der Waals surface area contributed by atoms with Gasteiger partial charge < -0.3 is 9.64 Å². The Balaban J connectivity index is 4.31. The third-order valence-corrected chi connectivity index (χ3v) is 1.82. The predicted octanol–water partition coefficient (Wildman–Crippen LogP) is 0.277.